The van der Waals surface area contributed by atoms with E-state index in [-0.39, 0.29) is 5.91 Å². The molecule has 3 heterocycles. The lowest BCUT2D eigenvalue weighted by Gasteiger charge is -2.34. The number of amides is 1. The summed E-state index contributed by atoms with van der Waals surface area (Å²) >= 11 is 0. The molecule has 2 fully saturated rings. The highest BCUT2D eigenvalue weighted by Crippen LogP contribution is 2.16. The number of anilines is 2. The average Bonchev–Trinajstić information content (AvgIpc) is 3.07. The predicted octanol–water partition coefficient (Wildman–Crippen LogP) is 0.736. The molecule has 1 aromatic heterocycles. The van der Waals surface area contributed by atoms with Crippen LogP contribution in [0.1, 0.15) is 19.8 Å². The molecule has 7 nitrogen and oxygen atoms in total. The lowest BCUT2D eigenvalue weighted by atomic mass is 10.2. The number of piperazine rings is 1. The first kappa shape index (κ1) is 15.0. The summed E-state index contributed by atoms with van der Waals surface area (Å²) in [6.07, 6.45) is 2.54. The molecule has 1 unspecified atom stereocenters. The normalized spacial score (nSPS) is 22.0. The van der Waals surface area contributed by atoms with Crippen LogP contribution in [-0.4, -0.2) is 66.4 Å². The van der Waals surface area contributed by atoms with E-state index in [9.17, 15) is 4.79 Å². The van der Waals surface area contributed by atoms with E-state index in [0.29, 0.717) is 6.10 Å². The van der Waals surface area contributed by atoms with E-state index >= 15 is 0 Å². The number of nitrogens with zero attached hydrogens (tertiary/aromatic N) is 4. The molecule has 0 aliphatic carbocycles. The van der Waals surface area contributed by atoms with Gasteiger partial charge in [-0.1, -0.05) is 0 Å². The molecule has 0 spiro atoms. The Morgan fingerprint density at radius 3 is 2.73 bits per heavy atom. The van der Waals surface area contributed by atoms with E-state index in [0.717, 1.165) is 63.8 Å². The minimum Gasteiger partial charge on any atom is -0.376 e. The van der Waals surface area contributed by atoms with Crippen molar-refractivity contribution in [3.8, 4) is 0 Å². The van der Waals surface area contributed by atoms with Crippen molar-refractivity contribution in [3.05, 3.63) is 12.1 Å². The summed E-state index contributed by atoms with van der Waals surface area (Å²) in [7, 11) is 0. The summed E-state index contributed by atoms with van der Waals surface area (Å²) < 4.78 is 5.57. The van der Waals surface area contributed by atoms with Crippen molar-refractivity contribution in [2.24, 2.45) is 0 Å². The van der Waals surface area contributed by atoms with Gasteiger partial charge in [0.2, 0.25) is 5.91 Å². The van der Waals surface area contributed by atoms with Gasteiger partial charge in [-0.05, 0) is 25.0 Å². The van der Waals surface area contributed by atoms with Crippen LogP contribution in [0, 0.1) is 0 Å². The number of carbonyl (C=O) groups is 1. The van der Waals surface area contributed by atoms with Crippen molar-refractivity contribution in [1.82, 2.24) is 15.1 Å². The summed E-state index contributed by atoms with van der Waals surface area (Å²) in [5, 5.41) is 11.8. The summed E-state index contributed by atoms with van der Waals surface area (Å²) in [5.74, 6) is 1.78. The summed E-state index contributed by atoms with van der Waals surface area (Å²) in [6.45, 7) is 6.36. The van der Waals surface area contributed by atoms with Gasteiger partial charge in [0.25, 0.3) is 0 Å². The molecule has 22 heavy (non-hydrogen) atoms. The van der Waals surface area contributed by atoms with Gasteiger partial charge in [0.05, 0.1) is 6.10 Å². The zero-order valence-electron chi connectivity index (χ0n) is 13.0. The zero-order valence-corrected chi connectivity index (χ0v) is 13.0. The highest BCUT2D eigenvalue weighted by atomic mass is 16.5. The van der Waals surface area contributed by atoms with Crippen LogP contribution in [0.2, 0.25) is 0 Å². The minimum absolute atomic E-state index is 0.138. The smallest absolute Gasteiger partial charge is 0.219 e. The Labute approximate surface area is 130 Å². The van der Waals surface area contributed by atoms with Gasteiger partial charge in [-0.2, -0.15) is 0 Å². The number of aromatic nitrogens is 2. The second-order valence-corrected chi connectivity index (χ2v) is 5.79. The maximum Gasteiger partial charge on any atom is 0.219 e. The second-order valence-electron chi connectivity index (χ2n) is 5.79. The Morgan fingerprint density at radius 1 is 1.32 bits per heavy atom. The van der Waals surface area contributed by atoms with Gasteiger partial charge in [-0.15, -0.1) is 10.2 Å². The molecule has 3 rings (SSSR count). The monoisotopic (exact) mass is 305 g/mol. The average molecular weight is 305 g/mol. The van der Waals surface area contributed by atoms with E-state index < -0.39 is 0 Å². The molecule has 1 aromatic rings. The third kappa shape index (κ3) is 3.65. The zero-order chi connectivity index (χ0) is 15.4. The molecule has 1 amide bonds. The molecule has 0 saturated carbocycles. The van der Waals surface area contributed by atoms with Gasteiger partial charge in [0.1, 0.15) is 5.82 Å². The molecular formula is C15H23N5O2. The second kappa shape index (κ2) is 6.91. The third-order valence-corrected chi connectivity index (χ3v) is 4.23. The van der Waals surface area contributed by atoms with Crippen LogP contribution in [0.5, 0.6) is 0 Å². The SMILES string of the molecule is CC(=O)N1CCN(c2ccc(NCC3CCCO3)nn2)CC1. The van der Waals surface area contributed by atoms with E-state index in [1.54, 1.807) is 6.92 Å². The third-order valence-electron chi connectivity index (χ3n) is 4.23. The highest BCUT2D eigenvalue weighted by molar-refractivity contribution is 5.73. The van der Waals surface area contributed by atoms with Crippen molar-refractivity contribution in [2.45, 2.75) is 25.9 Å². The van der Waals surface area contributed by atoms with Gasteiger partial charge in [-0.25, -0.2) is 0 Å². The van der Waals surface area contributed by atoms with Gasteiger partial charge < -0.3 is 19.9 Å². The van der Waals surface area contributed by atoms with Crippen molar-refractivity contribution < 1.29 is 9.53 Å². The fourth-order valence-electron chi connectivity index (χ4n) is 2.86. The van der Waals surface area contributed by atoms with Gasteiger partial charge >= 0.3 is 0 Å². The lowest BCUT2D eigenvalue weighted by molar-refractivity contribution is -0.129. The number of hydrogen-bond acceptors (Lipinski definition) is 6. The fourth-order valence-corrected chi connectivity index (χ4v) is 2.86. The molecule has 0 bridgehead atoms. The maximum atomic E-state index is 11.3. The molecule has 0 radical (unpaired) electrons. The highest BCUT2D eigenvalue weighted by Gasteiger charge is 2.20. The summed E-state index contributed by atoms with van der Waals surface area (Å²) in [4.78, 5) is 15.4. The topological polar surface area (TPSA) is 70.6 Å². The van der Waals surface area contributed by atoms with Crippen LogP contribution < -0.4 is 10.2 Å². The van der Waals surface area contributed by atoms with Crippen molar-refractivity contribution in [2.75, 3.05) is 49.5 Å². The van der Waals surface area contributed by atoms with Crippen LogP contribution in [0.3, 0.4) is 0 Å². The quantitative estimate of drug-likeness (QED) is 0.884. The van der Waals surface area contributed by atoms with Crippen LogP contribution in [0.25, 0.3) is 0 Å². The molecule has 120 valence electrons. The van der Waals surface area contributed by atoms with Crippen LogP contribution in [-0.2, 0) is 9.53 Å². The lowest BCUT2D eigenvalue weighted by Crippen LogP contribution is -2.48. The number of hydrogen-bond donors (Lipinski definition) is 1. The molecule has 1 atom stereocenters. The maximum absolute atomic E-state index is 11.3. The number of carbonyl (C=O) groups excluding carboxylic acids is 1. The minimum atomic E-state index is 0.138. The van der Waals surface area contributed by atoms with E-state index in [2.05, 4.69) is 20.4 Å². The van der Waals surface area contributed by atoms with Crippen LogP contribution >= 0.6 is 0 Å². The Hall–Kier alpha value is -1.89. The van der Waals surface area contributed by atoms with E-state index in [1.165, 1.54) is 0 Å². The Morgan fingerprint density at radius 2 is 2.14 bits per heavy atom. The molecule has 2 aliphatic rings. The molecule has 2 saturated heterocycles. The summed E-state index contributed by atoms with van der Waals surface area (Å²) in [6, 6.07) is 3.93. The molecule has 0 aromatic carbocycles. The first-order chi connectivity index (χ1) is 10.7. The number of rotatable bonds is 4. The van der Waals surface area contributed by atoms with E-state index in [1.807, 2.05) is 17.0 Å². The molecule has 7 heteroatoms. The summed E-state index contributed by atoms with van der Waals surface area (Å²) in [5.41, 5.74) is 0. The van der Waals surface area contributed by atoms with E-state index in [4.69, 9.17) is 4.74 Å². The molecule has 1 N–H and O–H groups in total. The first-order valence-electron chi connectivity index (χ1n) is 7.92. The van der Waals surface area contributed by atoms with Crippen LogP contribution in [0.15, 0.2) is 12.1 Å². The fraction of sp³-hybridized carbons (Fsp3) is 0.667. The van der Waals surface area contributed by atoms with Gasteiger partial charge in [0, 0.05) is 46.3 Å². The van der Waals surface area contributed by atoms with Crippen molar-refractivity contribution in [1.29, 1.82) is 0 Å². The largest absolute Gasteiger partial charge is 0.376 e. The van der Waals surface area contributed by atoms with Gasteiger partial charge in [0.15, 0.2) is 5.82 Å². The Bertz CT molecular complexity index is 493. The first-order valence-corrected chi connectivity index (χ1v) is 7.92. The predicted molar refractivity (Wildman–Crippen MR) is 84.0 cm³/mol. The van der Waals surface area contributed by atoms with Gasteiger partial charge in [-0.3, -0.25) is 4.79 Å². The van der Waals surface area contributed by atoms with Crippen molar-refractivity contribution in [3.63, 3.8) is 0 Å². The number of ether oxygens (including phenoxy) is 1. The number of nitrogens with one attached hydrogen (secondary N) is 1. The molecule has 2 aliphatic heterocycles. The Balaban J connectivity index is 1.50. The van der Waals surface area contributed by atoms with Crippen molar-refractivity contribution >= 4 is 17.5 Å². The Kier molecular flexibility index (Phi) is 4.72. The molecular weight excluding hydrogens is 282 g/mol. The standard InChI is InChI=1S/C15H23N5O2/c1-12(21)19-6-8-20(9-7-19)15-5-4-14(17-18-15)16-11-13-3-2-10-22-13/h4-5,13H,2-3,6-11H2,1H3,(H,16,17). The van der Waals surface area contributed by atoms with Crippen LogP contribution in [0.4, 0.5) is 11.6 Å².